The van der Waals surface area contributed by atoms with Crippen LogP contribution in [0, 0.1) is 0 Å². The zero-order valence-electron chi connectivity index (χ0n) is 12.5. The summed E-state index contributed by atoms with van der Waals surface area (Å²) in [6, 6.07) is 5.98. The van der Waals surface area contributed by atoms with Gasteiger partial charge in [-0.15, -0.1) is 0 Å². The molecule has 1 aromatic carbocycles. The monoisotopic (exact) mass is 289 g/mol. The molecule has 2 aromatic rings. The maximum absolute atomic E-state index is 9.11. The van der Waals surface area contributed by atoms with E-state index in [0.29, 0.717) is 12.3 Å². The van der Waals surface area contributed by atoms with Crippen molar-refractivity contribution < 1.29 is 9.94 Å². The highest BCUT2D eigenvalue weighted by Crippen LogP contribution is 2.26. The third-order valence-corrected chi connectivity index (χ3v) is 4.22. The molecule has 0 saturated carbocycles. The van der Waals surface area contributed by atoms with Crippen molar-refractivity contribution in [2.45, 2.75) is 25.9 Å². The van der Waals surface area contributed by atoms with Gasteiger partial charge in [-0.1, -0.05) is 6.07 Å². The Bertz CT molecular complexity index is 603. The molecule has 1 aromatic heterocycles. The van der Waals surface area contributed by atoms with Crippen molar-refractivity contribution in [1.29, 1.82) is 0 Å². The zero-order chi connectivity index (χ0) is 14.7. The van der Waals surface area contributed by atoms with E-state index in [2.05, 4.69) is 27.2 Å². The van der Waals surface area contributed by atoms with E-state index in [-0.39, 0.29) is 0 Å². The van der Waals surface area contributed by atoms with E-state index in [1.54, 1.807) is 7.11 Å². The van der Waals surface area contributed by atoms with Crippen LogP contribution in [0.15, 0.2) is 24.4 Å². The van der Waals surface area contributed by atoms with Crippen molar-refractivity contribution in [3.8, 4) is 0 Å². The Morgan fingerprint density at radius 3 is 2.81 bits per heavy atom. The molecule has 3 rings (SSSR count). The van der Waals surface area contributed by atoms with Crippen molar-refractivity contribution in [2.75, 3.05) is 32.3 Å². The van der Waals surface area contributed by atoms with Crippen LogP contribution < -0.4 is 5.48 Å². The summed E-state index contributed by atoms with van der Waals surface area (Å²) in [5.41, 5.74) is 5.44. The van der Waals surface area contributed by atoms with Crippen LogP contribution in [0.5, 0.6) is 0 Å². The molecule has 1 aliphatic heterocycles. The van der Waals surface area contributed by atoms with Crippen LogP contribution in [-0.4, -0.2) is 41.5 Å². The highest BCUT2D eigenvalue weighted by Gasteiger charge is 2.15. The zero-order valence-corrected chi connectivity index (χ0v) is 12.5. The minimum atomic E-state index is 0.684. The van der Waals surface area contributed by atoms with Crippen LogP contribution in [0.25, 0.3) is 10.9 Å². The molecule has 0 unspecified atom stereocenters. The molecule has 1 aliphatic rings. The Labute approximate surface area is 125 Å². The molecule has 114 valence electrons. The van der Waals surface area contributed by atoms with E-state index in [1.807, 2.05) is 12.1 Å². The summed E-state index contributed by atoms with van der Waals surface area (Å²) in [4.78, 5) is 2.51. The van der Waals surface area contributed by atoms with Gasteiger partial charge in [-0.3, -0.25) is 15.6 Å². The molecule has 0 bridgehead atoms. The first kappa shape index (κ1) is 14.4. The second-order valence-electron chi connectivity index (χ2n) is 5.67. The van der Waals surface area contributed by atoms with Crippen LogP contribution in [0.4, 0.5) is 5.69 Å². The lowest BCUT2D eigenvalue weighted by molar-refractivity contribution is 0.188. The van der Waals surface area contributed by atoms with E-state index in [9.17, 15) is 0 Å². The number of likely N-dealkylation sites (tertiary alicyclic amines) is 1. The molecule has 5 heteroatoms. The van der Waals surface area contributed by atoms with Crippen LogP contribution in [-0.2, 0) is 17.8 Å². The topological polar surface area (TPSA) is 49.7 Å². The predicted octanol–water partition coefficient (Wildman–Crippen LogP) is 2.68. The molecule has 0 spiro atoms. The Balaban J connectivity index is 1.94. The lowest BCUT2D eigenvalue weighted by Crippen LogP contribution is -2.18. The first-order valence-electron chi connectivity index (χ1n) is 7.55. The summed E-state index contributed by atoms with van der Waals surface area (Å²) >= 11 is 0. The van der Waals surface area contributed by atoms with Gasteiger partial charge in [0.2, 0.25) is 0 Å². The van der Waals surface area contributed by atoms with Crippen LogP contribution >= 0.6 is 0 Å². The SMILES string of the molecule is COCCn1cc(CN2CCCC2)c2ccc(NO)cc21. The van der Waals surface area contributed by atoms with Gasteiger partial charge in [-0.05, 0) is 43.6 Å². The lowest BCUT2D eigenvalue weighted by Gasteiger charge is -2.13. The van der Waals surface area contributed by atoms with Gasteiger partial charge in [0.05, 0.1) is 17.8 Å². The number of aromatic nitrogens is 1. The van der Waals surface area contributed by atoms with Crippen LogP contribution in [0.3, 0.4) is 0 Å². The molecule has 21 heavy (non-hydrogen) atoms. The number of methoxy groups -OCH3 is 1. The standard InChI is InChI=1S/C16H23N3O2/c1-21-9-8-19-12-13(11-18-6-2-3-7-18)15-5-4-14(17-20)10-16(15)19/h4-5,10,12,17,20H,2-3,6-9,11H2,1H3. The molecule has 1 fully saturated rings. The molecule has 2 heterocycles. The number of nitrogens with one attached hydrogen (secondary N) is 1. The van der Waals surface area contributed by atoms with E-state index in [4.69, 9.17) is 9.94 Å². The molecule has 0 aliphatic carbocycles. The molecule has 2 N–H and O–H groups in total. The molecule has 0 atom stereocenters. The smallest absolute Gasteiger partial charge is 0.0641 e. The summed E-state index contributed by atoms with van der Waals surface area (Å²) in [6.07, 6.45) is 4.84. The highest BCUT2D eigenvalue weighted by atomic mass is 16.5. The third kappa shape index (κ3) is 3.05. The molecular weight excluding hydrogens is 266 g/mol. The summed E-state index contributed by atoms with van der Waals surface area (Å²) in [7, 11) is 1.72. The summed E-state index contributed by atoms with van der Waals surface area (Å²) < 4.78 is 7.41. The van der Waals surface area contributed by atoms with E-state index >= 15 is 0 Å². The minimum absolute atomic E-state index is 0.684. The summed E-state index contributed by atoms with van der Waals surface area (Å²) in [6.45, 7) is 4.90. The highest BCUT2D eigenvalue weighted by molar-refractivity contribution is 5.86. The average Bonchev–Trinajstić information content (AvgIpc) is 3.13. The van der Waals surface area contributed by atoms with Gasteiger partial charge in [0, 0.05) is 31.8 Å². The van der Waals surface area contributed by atoms with Gasteiger partial charge in [-0.25, -0.2) is 0 Å². The largest absolute Gasteiger partial charge is 0.383 e. The van der Waals surface area contributed by atoms with E-state index < -0.39 is 0 Å². The third-order valence-electron chi connectivity index (χ3n) is 4.22. The van der Waals surface area contributed by atoms with Gasteiger partial charge in [0.1, 0.15) is 0 Å². The number of rotatable bonds is 6. The van der Waals surface area contributed by atoms with Crippen molar-refractivity contribution in [2.24, 2.45) is 0 Å². The number of anilines is 1. The van der Waals surface area contributed by atoms with Crippen molar-refractivity contribution in [3.05, 3.63) is 30.0 Å². The van der Waals surface area contributed by atoms with Gasteiger partial charge in [-0.2, -0.15) is 0 Å². The molecule has 0 radical (unpaired) electrons. The van der Waals surface area contributed by atoms with Gasteiger partial charge in [0.25, 0.3) is 0 Å². The number of hydrogen-bond acceptors (Lipinski definition) is 4. The van der Waals surface area contributed by atoms with Gasteiger partial charge < -0.3 is 9.30 Å². The van der Waals surface area contributed by atoms with Crippen LogP contribution in [0.2, 0.25) is 0 Å². The van der Waals surface area contributed by atoms with Crippen molar-refractivity contribution >= 4 is 16.6 Å². The second-order valence-corrected chi connectivity index (χ2v) is 5.67. The van der Waals surface area contributed by atoms with Gasteiger partial charge >= 0.3 is 0 Å². The van der Waals surface area contributed by atoms with Gasteiger partial charge in [0.15, 0.2) is 0 Å². The Kier molecular flexibility index (Phi) is 4.43. The molecule has 5 nitrogen and oxygen atoms in total. The Morgan fingerprint density at radius 2 is 2.10 bits per heavy atom. The first-order valence-corrected chi connectivity index (χ1v) is 7.55. The first-order chi connectivity index (χ1) is 10.3. The lowest BCUT2D eigenvalue weighted by atomic mass is 10.1. The number of hydrogen-bond donors (Lipinski definition) is 2. The fourth-order valence-electron chi connectivity index (χ4n) is 3.12. The predicted molar refractivity (Wildman–Crippen MR) is 83.7 cm³/mol. The average molecular weight is 289 g/mol. The number of nitrogens with zero attached hydrogens (tertiary/aromatic N) is 2. The molecule has 1 saturated heterocycles. The fourth-order valence-corrected chi connectivity index (χ4v) is 3.12. The molecule has 0 amide bonds. The van der Waals surface area contributed by atoms with Crippen LogP contribution in [0.1, 0.15) is 18.4 Å². The normalized spacial score (nSPS) is 15.9. The van der Waals surface area contributed by atoms with E-state index in [0.717, 1.165) is 18.6 Å². The number of ether oxygens (including phenoxy) is 1. The van der Waals surface area contributed by atoms with E-state index in [1.165, 1.54) is 36.9 Å². The maximum Gasteiger partial charge on any atom is 0.0641 e. The Hall–Kier alpha value is -1.56. The minimum Gasteiger partial charge on any atom is -0.383 e. The number of benzene rings is 1. The Morgan fingerprint density at radius 1 is 1.29 bits per heavy atom. The second kappa shape index (κ2) is 6.47. The van der Waals surface area contributed by atoms with Crippen molar-refractivity contribution in [1.82, 2.24) is 9.47 Å². The molecular formula is C16H23N3O2. The van der Waals surface area contributed by atoms with Crippen molar-refractivity contribution in [3.63, 3.8) is 0 Å². The summed E-state index contributed by atoms with van der Waals surface area (Å²) in [5.74, 6) is 0. The fraction of sp³-hybridized carbons (Fsp3) is 0.500. The summed E-state index contributed by atoms with van der Waals surface area (Å²) in [5, 5.41) is 10.4. The quantitative estimate of drug-likeness (QED) is 0.803. The number of fused-ring (bicyclic) bond motifs is 1. The maximum atomic E-state index is 9.11.